The van der Waals surface area contributed by atoms with Crippen LogP contribution in [-0.2, 0) is 0 Å². The lowest BCUT2D eigenvalue weighted by Crippen LogP contribution is -2.43. The van der Waals surface area contributed by atoms with Crippen molar-refractivity contribution in [3.05, 3.63) is 28.3 Å². The molecule has 0 aliphatic carbocycles. The van der Waals surface area contributed by atoms with E-state index in [0.29, 0.717) is 12.5 Å². The summed E-state index contributed by atoms with van der Waals surface area (Å²) in [4.78, 5) is 0. The van der Waals surface area contributed by atoms with Gasteiger partial charge in [-0.2, -0.15) is 0 Å². The molecule has 0 saturated heterocycles. The third kappa shape index (κ3) is 5.85. The molecule has 0 saturated carbocycles. The van der Waals surface area contributed by atoms with Crippen molar-refractivity contribution in [2.24, 2.45) is 0 Å². The van der Waals surface area contributed by atoms with Crippen LogP contribution in [0.2, 0.25) is 5.02 Å². The molecule has 0 aliphatic rings. The van der Waals surface area contributed by atoms with E-state index in [0.717, 1.165) is 34.9 Å². The summed E-state index contributed by atoms with van der Waals surface area (Å²) in [5, 5.41) is 14.3. The monoisotopic (exact) mass is 313 g/mol. The lowest BCUT2D eigenvalue weighted by Gasteiger charge is -2.25. The summed E-state index contributed by atoms with van der Waals surface area (Å²) in [7, 11) is 0. The second-order valence-electron chi connectivity index (χ2n) is 6.26. The van der Waals surface area contributed by atoms with Gasteiger partial charge in [-0.05, 0) is 56.0 Å². The fourth-order valence-corrected chi connectivity index (χ4v) is 2.52. The zero-order chi connectivity index (χ0) is 16.0. The molecule has 0 heterocycles. The molecular weight excluding hydrogens is 286 g/mol. The zero-order valence-electron chi connectivity index (χ0n) is 13.8. The van der Waals surface area contributed by atoms with E-state index < -0.39 is 5.60 Å². The molecule has 1 atom stereocenters. The number of benzene rings is 1. The van der Waals surface area contributed by atoms with Crippen LogP contribution in [0.3, 0.4) is 0 Å². The summed E-state index contributed by atoms with van der Waals surface area (Å²) in [6.07, 6.45) is 1.05. The smallest absolute Gasteiger partial charge is 0.122 e. The Morgan fingerprint density at radius 1 is 1.38 bits per heavy atom. The van der Waals surface area contributed by atoms with Gasteiger partial charge >= 0.3 is 0 Å². The second-order valence-corrected chi connectivity index (χ2v) is 6.66. The third-order valence-electron chi connectivity index (χ3n) is 3.39. The minimum Gasteiger partial charge on any atom is -0.490 e. The first-order chi connectivity index (χ1) is 9.76. The maximum atomic E-state index is 10.3. The first kappa shape index (κ1) is 18.3. The Morgan fingerprint density at radius 3 is 2.62 bits per heavy atom. The minimum absolute atomic E-state index is 0.254. The Balaban J connectivity index is 2.72. The van der Waals surface area contributed by atoms with Gasteiger partial charge < -0.3 is 15.2 Å². The maximum absolute atomic E-state index is 10.3. The molecule has 0 fully saturated rings. The van der Waals surface area contributed by atoms with Crippen molar-refractivity contribution in [2.45, 2.75) is 52.6 Å². The number of rotatable bonds is 8. The average molecular weight is 314 g/mol. The molecule has 0 aliphatic heterocycles. The molecule has 21 heavy (non-hydrogen) atoms. The zero-order valence-corrected chi connectivity index (χ0v) is 14.5. The minimum atomic E-state index is -0.890. The molecule has 2 N–H and O–H groups in total. The fraction of sp³-hybridized carbons (Fsp3) is 0.647. The van der Waals surface area contributed by atoms with E-state index >= 15 is 0 Å². The fourth-order valence-electron chi connectivity index (χ4n) is 2.09. The highest BCUT2D eigenvalue weighted by Crippen LogP contribution is 2.31. The Hall–Kier alpha value is -0.770. The average Bonchev–Trinajstić information content (AvgIpc) is 2.37. The highest BCUT2D eigenvalue weighted by Gasteiger charge is 2.21. The molecule has 0 bridgehead atoms. The van der Waals surface area contributed by atoms with Crippen LogP contribution in [0, 0.1) is 6.92 Å². The van der Waals surface area contributed by atoms with E-state index in [-0.39, 0.29) is 6.61 Å². The standard InChI is InChI=1S/C17H28ClNO2/c1-6-7-19-10-17(5,20)11-21-16-9-14(12(2)3)15(18)8-13(16)4/h8-9,12,19-20H,6-7,10-11H2,1-5H3. The molecule has 1 unspecified atom stereocenters. The van der Waals surface area contributed by atoms with E-state index in [4.69, 9.17) is 16.3 Å². The predicted molar refractivity (Wildman–Crippen MR) is 89.6 cm³/mol. The quantitative estimate of drug-likeness (QED) is 0.715. The van der Waals surface area contributed by atoms with Gasteiger partial charge in [-0.15, -0.1) is 0 Å². The van der Waals surface area contributed by atoms with Crippen LogP contribution in [0.5, 0.6) is 5.75 Å². The summed E-state index contributed by atoms with van der Waals surface area (Å²) in [5.41, 5.74) is 1.17. The molecule has 1 aromatic carbocycles. The van der Waals surface area contributed by atoms with Gasteiger partial charge in [0.2, 0.25) is 0 Å². The Labute approximate surface area is 133 Å². The first-order valence-corrected chi connectivity index (χ1v) is 8.00. The van der Waals surface area contributed by atoms with Gasteiger partial charge in [0.15, 0.2) is 0 Å². The second kappa shape index (κ2) is 8.02. The highest BCUT2D eigenvalue weighted by atomic mass is 35.5. The molecular formula is C17H28ClNO2. The highest BCUT2D eigenvalue weighted by molar-refractivity contribution is 6.31. The molecule has 120 valence electrons. The van der Waals surface area contributed by atoms with Crippen LogP contribution in [0.15, 0.2) is 12.1 Å². The topological polar surface area (TPSA) is 41.5 Å². The number of hydrogen-bond donors (Lipinski definition) is 2. The lowest BCUT2D eigenvalue weighted by atomic mass is 10.0. The van der Waals surface area contributed by atoms with Crippen molar-refractivity contribution in [3.8, 4) is 5.75 Å². The van der Waals surface area contributed by atoms with Crippen molar-refractivity contribution in [1.29, 1.82) is 0 Å². The number of hydrogen-bond acceptors (Lipinski definition) is 3. The van der Waals surface area contributed by atoms with Crippen LogP contribution in [-0.4, -0.2) is 30.4 Å². The molecule has 4 heteroatoms. The van der Waals surface area contributed by atoms with Gasteiger partial charge in [-0.3, -0.25) is 0 Å². The van der Waals surface area contributed by atoms with Crippen molar-refractivity contribution in [1.82, 2.24) is 5.32 Å². The van der Waals surface area contributed by atoms with Crippen molar-refractivity contribution in [3.63, 3.8) is 0 Å². The number of halogens is 1. The maximum Gasteiger partial charge on any atom is 0.122 e. The molecule has 0 spiro atoms. The number of aryl methyl sites for hydroxylation is 1. The summed E-state index contributed by atoms with van der Waals surface area (Å²) in [5.74, 6) is 1.13. The van der Waals surface area contributed by atoms with Crippen LogP contribution in [0.25, 0.3) is 0 Å². The van der Waals surface area contributed by atoms with Crippen LogP contribution in [0.1, 0.15) is 51.2 Å². The van der Waals surface area contributed by atoms with Crippen molar-refractivity contribution in [2.75, 3.05) is 19.7 Å². The van der Waals surface area contributed by atoms with Gasteiger partial charge in [0.05, 0.1) is 0 Å². The van der Waals surface area contributed by atoms with Crippen LogP contribution >= 0.6 is 11.6 Å². The largest absolute Gasteiger partial charge is 0.490 e. The normalized spacial score (nSPS) is 14.3. The number of aliphatic hydroxyl groups is 1. The molecule has 1 rings (SSSR count). The van der Waals surface area contributed by atoms with Gasteiger partial charge in [-0.1, -0.05) is 32.4 Å². The Morgan fingerprint density at radius 2 is 2.05 bits per heavy atom. The van der Waals surface area contributed by atoms with Crippen LogP contribution < -0.4 is 10.1 Å². The number of ether oxygens (including phenoxy) is 1. The summed E-state index contributed by atoms with van der Waals surface area (Å²) < 4.78 is 5.83. The van der Waals surface area contributed by atoms with Gasteiger partial charge in [0, 0.05) is 11.6 Å². The van der Waals surface area contributed by atoms with E-state index in [1.807, 2.05) is 19.1 Å². The molecule has 3 nitrogen and oxygen atoms in total. The van der Waals surface area contributed by atoms with E-state index in [1.165, 1.54) is 0 Å². The van der Waals surface area contributed by atoms with Gasteiger partial charge in [0.1, 0.15) is 18.0 Å². The lowest BCUT2D eigenvalue weighted by molar-refractivity contribution is 0.0122. The molecule has 0 radical (unpaired) electrons. The van der Waals surface area contributed by atoms with Gasteiger partial charge in [-0.25, -0.2) is 0 Å². The molecule has 1 aromatic rings. The summed E-state index contributed by atoms with van der Waals surface area (Å²) in [6.45, 7) is 11.7. The SMILES string of the molecule is CCCNCC(C)(O)COc1cc(C(C)C)c(Cl)cc1C. The molecule has 0 aromatic heterocycles. The van der Waals surface area contributed by atoms with Crippen molar-refractivity contribution < 1.29 is 9.84 Å². The molecule has 0 amide bonds. The Bertz CT molecular complexity index is 458. The third-order valence-corrected chi connectivity index (χ3v) is 3.71. The first-order valence-electron chi connectivity index (χ1n) is 7.62. The number of nitrogens with one attached hydrogen (secondary N) is 1. The van der Waals surface area contributed by atoms with Crippen molar-refractivity contribution >= 4 is 11.6 Å². The summed E-state index contributed by atoms with van der Waals surface area (Å²) >= 11 is 6.26. The summed E-state index contributed by atoms with van der Waals surface area (Å²) in [6, 6.07) is 3.91. The van der Waals surface area contributed by atoms with E-state index in [1.54, 1.807) is 6.92 Å². The van der Waals surface area contributed by atoms with Crippen LogP contribution in [0.4, 0.5) is 0 Å². The predicted octanol–water partition coefficient (Wildman–Crippen LogP) is 3.90. The van der Waals surface area contributed by atoms with Gasteiger partial charge in [0.25, 0.3) is 0 Å². The van der Waals surface area contributed by atoms with E-state index in [9.17, 15) is 5.11 Å². The van der Waals surface area contributed by atoms with E-state index in [2.05, 4.69) is 26.1 Å². The Kier molecular flexibility index (Phi) is 6.98.